The van der Waals surface area contributed by atoms with Crippen molar-refractivity contribution < 1.29 is 19.1 Å². The van der Waals surface area contributed by atoms with Crippen LogP contribution in [0.2, 0.25) is 0 Å². The Kier molecular flexibility index (Phi) is 4.87. The maximum Gasteiger partial charge on any atom is 0.344 e. The molecule has 0 bridgehead atoms. The van der Waals surface area contributed by atoms with E-state index in [0.29, 0.717) is 11.3 Å². The normalized spacial score (nSPS) is 10.3. The fourth-order valence-corrected chi connectivity index (χ4v) is 2.40. The zero-order valence-electron chi connectivity index (χ0n) is 13.0. The van der Waals surface area contributed by atoms with Gasteiger partial charge < -0.3 is 9.47 Å². The first kappa shape index (κ1) is 15.7. The van der Waals surface area contributed by atoms with Gasteiger partial charge in [-0.2, -0.15) is 0 Å². The van der Waals surface area contributed by atoms with Crippen molar-refractivity contribution in [1.82, 2.24) is 0 Å². The highest BCUT2D eigenvalue weighted by Crippen LogP contribution is 2.19. The number of carbonyl (C=O) groups excluding carboxylic acids is 2. The summed E-state index contributed by atoms with van der Waals surface area (Å²) in [5.74, 6) is 0.0742. The monoisotopic (exact) mass is 320 g/mol. The molecule has 4 nitrogen and oxygen atoms in total. The van der Waals surface area contributed by atoms with Gasteiger partial charge in [-0.3, -0.25) is 4.79 Å². The third kappa shape index (κ3) is 3.79. The molecule has 0 unspecified atom stereocenters. The maximum atomic E-state index is 11.8. The van der Waals surface area contributed by atoms with Gasteiger partial charge in [-0.1, -0.05) is 42.5 Å². The molecule has 0 aliphatic heterocycles. The lowest BCUT2D eigenvalue weighted by Crippen LogP contribution is -2.14. The maximum absolute atomic E-state index is 11.8. The van der Waals surface area contributed by atoms with E-state index in [1.54, 1.807) is 24.3 Å². The molecule has 0 amide bonds. The molecule has 0 heterocycles. The summed E-state index contributed by atoms with van der Waals surface area (Å²) in [5, 5.41) is 2.18. The number of rotatable bonds is 6. The first-order chi connectivity index (χ1) is 11.8. The van der Waals surface area contributed by atoms with Crippen LogP contribution >= 0.6 is 0 Å². The van der Waals surface area contributed by atoms with E-state index in [2.05, 4.69) is 0 Å². The molecule has 0 N–H and O–H groups in total. The number of hydrogen-bond acceptors (Lipinski definition) is 4. The molecule has 0 fully saturated rings. The molecule has 0 aromatic heterocycles. The fraction of sp³-hybridized carbons (Fsp3) is 0.100. The summed E-state index contributed by atoms with van der Waals surface area (Å²) in [5.41, 5.74) is 1.51. The average molecular weight is 320 g/mol. The van der Waals surface area contributed by atoms with Crippen LogP contribution < -0.4 is 4.74 Å². The summed E-state index contributed by atoms with van der Waals surface area (Å²) >= 11 is 0. The predicted octanol–water partition coefficient (Wildman–Crippen LogP) is 3.77. The Balaban J connectivity index is 1.56. The van der Waals surface area contributed by atoms with Crippen LogP contribution in [0.1, 0.15) is 15.9 Å². The largest absolute Gasteiger partial charge is 0.482 e. The van der Waals surface area contributed by atoms with Crippen LogP contribution in [0.4, 0.5) is 0 Å². The van der Waals surface area contributed by atoms with Crippen molar-refractivity contribution in [3.63, 3.8) is 0 Å². The molecular weight excluding hydrogens is 304 g/mol. The van der Waals surface area contributed by atoms with Crippen molar-refractivity contribution in [3.8, 4) is 5.75 Å². The third-order valence-corrected chi connectivity index (χ3v) is 3.64. The van der Waals surface area contributed by atoms with E-state index < -0.39 is 5.97 Å². The highest BCUT2D eigenvalue weighted by molar-refractivity contribution is 5.85. The van der Waals surface area contributed by atoms with Crippen LogP contribution in [0, 0.1) is 0 Å². The molecule has 24 heavy (non-hydrogen) atoms. The third-order valence-electron chi connectivity index (χ3n) is 3.64. The van der Waals surface area contributed by atoms with E-state index in [1.165, 1.54) is 0 Å². The van der Waals surface area contributed by atoms with Gasteiger partial charge in [0.05, 0.1) is 0 Å². The van der Waals surface area contributed by atoms with Crippen LogP contribution in [0.5, 0.6) is 5.75 Å². The molecule has 0 aliphatic carbocycles. The van der Waals surface area contributed by atoms with Crippen LogP contribution in [0.25, 0.3) is 10.8 Å². The van der Waals surface area contributed by atoms with E-state index in [0.717, 1.165) is 22.6 Å². The first-order valence-corrected chi connectivity index (χ1v) is 7.56. The van der Waals surface area contributed by atoms with Crippen molar-refractivity contribution in [2.45, 2.75) is 6.61 Å². The number of fused-ring (bicyclic) bond motifs is 1. The van der Waals surface area contributed by atoms with Crippen molar-refractivity contribution in [2.75, 3.05) is 6.61 Å². The minimum absolute atomic E-state index is 0.175. The molecule has 0 radical (unpaired) electrons. The Morgan fingerprint density at radius 1 is 0.917 bits per heavy atom. The zero-order chi connectivity index (χ0) is 16.8. The quantitative estimate of drug-likeness (QED) is 0.512. The predicted molar refractivity (Wildman–Crippen MR) is 91.1 cm³/mol. The molecule has 3 aromatic carbocycles. The van der Waals surface area contributed by atoms with Crippen LogP contribution in [0.3, 0.4) is 0 Å². The van der Waals surface area contributed by atoms with Crippen molar-refractivity contribution in [3.05, 3.63) is 77.9 Å². The van der Waals surface area contributed by atoms with Crippen LogP contribution in [0.15, 0.2) is 66.7 Å². The molecule has 0 saturated heterocycles. The Hall–Kier alpha value is -3.14. The van der Waals surface area contributed by atoms with Gasteiger partial charge in [0, 0.05) is 5.56 Å². The molecule has 120 valence electrons. The summed E-state index contributed by atoms with van der Waals surface area (Å²) in [6, 6.07) is 20.4. The minimum atomic E-state index is -0.442. The molecule has 0 aliphatic rings. The number of aldehydes is 1. The summed E-state index contributed by atoms with van der Waals surface area (Å²) < 4.78 is 10.6. The fourth-order valence-electron chi connectivity index (χ4n) is 2.40. The Morgan fingerprint density at radius 3 is 2.46 bits per heavy atom. The van der Waals surface area contributed by atoms with Crippen LogP contribution in [-0.4, -0.2) is 18.9 Å². The van der Waals surface area contributed by atoms with Crippen molar-refractivity contribution >= 4 is 23.0 Å². The standard InChI is InChI=1S/C20H16O4/c21-12-15-8-10-18(11-9-15)23-14-20(22)24-13-17-6-3-5-16-4-1-2-7-19(16)17/h1-12H,13-14H2. The summed E-state index contributed by atoms with van der Waals surface area (Å²) in [7, 11) is 0. The highest BCUT2D eigenvalue weighted by Gasteiger charge is 2.07. The van der Waals surface area contributed by atoms with Crippen molar-refractivity contribution in [1.29, 1.82) is 0 Å². The molecule has 3 aromatic rings. The summed E-state index contributed by atoms with van der Waals surface area (Å²) in [6.45, 7) is 0.0266. The number of esters is 1. The summed E-state index contributed by atoms with van der Waals surface area (Å²) in [4.78, 5) is 22.4. The second kappa shape index (κ2) is 7.42. The van der Waals surface area contributed by atoms with E-state index in [1.807, 2.05) is 42.5 Å². The summed E-state index contributed by atoms with van der Waals surface area (Å²) in [6.07, 6.45) is 0.752. The SMILES string of the molecule is O=Cc1ccc(OCC(=O)OCc2cccc3ccccc23)cc1. The van der Waals surface area contributed by atoms with Gasteiger partial charge in [-0.25, -0.2) is 4.79 Å². The Labute approximate surface area is 139 Å². The molecule has 3 rings (SSSR count). The highest BCUT2D eigenvalue weighted by atomic mass is 16.6. The van der Waals surface area contributed by atoms with Gasteiger partial charge in [0.2, 0.25) is 0 Å². The number of ether oxygens (including phenoxy) is 2. The van der Waals surface area contributed by atoms with Gasteiger partial charge in [0.1, 0.15) is 18.6 Å². The molecule has 4 heteroatoms. The van der Waals surface area contributed by atoms with Gasteiger partial charge in [-0.15, -0.1) is 0 Å². The van der Waals surface area contributed by atoms with Gasteiger partial charge in [-0.05, 0) is 40.6 Å². The first-order valence-electron chi connectivity index (χ1n) is 7.56. The number of benzene rings is 3. The van der Waals surface area contributed by atoms with E-state index in [4.69, 9.17) is 9.47 Å². The second-order valence-electron chi connectivity index (χ2n) is 5.27. The Bertz CT molecular complexity index is 848. The zero-order valence-corrected chi connectivity index (χ0v) is 13.0. The lowest BCUT2D eigenvalue weighted by molar-refractivity contribution is -0.147. The van der Waals surface area contributed by atoms with E-state index in [-0.39, 0.29) is 13.2 Å². The van der Waals surface area contributed by atoms with E-state index >= 15 is 0 Å². The Morgan fingerprint density at radius 2 is 1.67 bits per heavy atom. The molecular formula is C20H16O4. The lowest BCUT2D eigenvalue weighted by atomic mass is 10.1. The molecule has 0 atom stereocenters. The molecule has 0 saturated carbocycles. The molecule has 0 spiro atoms. The van der Waals surface area contributed by atoms with Gasteiger partial charge >= 0.3 is 5.97 Å². The van der Waals surface area contributed by atoms with E-state index in [9.17, 15) is 9.59 Å². The number of carbonyl (C=O) groups is 2. The smallest absolute Gasteiger partial charge is 0.344 e. The van der Waals surface area contributed by atoms with Gasteiger partial charge in [0.15, 0.2) is 6.61 Å². The van der Waals surface area contributed by atoms with Gasteiger partial charge in [0.25, 0.3) is 0 Å². The minimum Gasteiger partial charge on any atom is -0.482 e. The van der Waals surface area contributed by atoms with Crippen molar-refractivity contribution in [2.24, 2.45) is 0 Å². The topological polar surface area (TPSA) is 52.6 Å². The lowest BCUT2D eigenvalue weighted by Gasteiger charge is -2.09. The average Bonchev–Trinajstić information content (AvgIpc) is 2.65. The number of hydrogen-bond donors (Lipinski definition) is 0. The van der Waals surface area contributed by atoms with Crippen LogP contribution in [-0.2, 0) is 16.1 Å². The second-order valence-corrected chi connectivity index (χ2v) is 5.27.